The third kappa shape index (κ3) is 4.76. The van der Waals surface area contributed by atoms with Crippen LogP contribution in [0.15, 0.2) is 53.4 Å². The van der Waals surface area contributed by atoms with Crippen LogP contribution in [0.2, 0.25) is 0 Å². The Balaban J connectivity index is 1.28. The number of amides is 1. The number of rotatable bonds is 7. The van der Waals surface area contributed by atoms with Gasteiger partial charge >= 0.3 is 0 Å². The molecule has 7 nitrogen and oxygen atoms in total. The largest absolute Gasteiger partial charge is 0.379 e. The van der Waals surface area contributed by atoms with Crippen molar-refractivity contribution in [2.45, 2.75) is 30.7 Å². The van der Waals surface area contributed by atoms with E-state index in [2.05, 4.69) is 41.4 Å². The molecule has 2 aliphatic rings. The fourth-order valence-corrected chi connectivity index (χ4v) is 5.65. The van der Waals surface area contributed by atoms with Gasteiger partial charge < -0.3 is 15.0 Å². The first-order chi connectivity index (χ1) is 15.0. The monoisotopic (exact) mass is 443 g/mol. The molecule has 4 rings (SSSR count). The minimum atomic E-state index is -3.55. The first kappa shape index (κ1) is 21.8. The number of carbonyl (C=O) groups excluding carboxylic acids is 1. The Hall–Kier alpha value is -2.42. The van der Waals surface area contributed by atoms with Crippen molar-refractivity contribution < 1.29 is 17.9 Å². The molecule has 0 unspecified atom stereocenters. The van der Waals surface area contributed by atoms with Gasteiger partial charge in [-0.15, -0.1) is 0 Å². The maximum atomic E-state index is 12.7. The predicted molar refractivity (Wildman–Crippen MR) is 120 cm³/mol. The molecular formula is C23H29N3O4S. The molecule has 8 heteroatoms. The number of benzene rings is 2. The van der Waals surface area contributed by atoms with E-state index in [0.29, 0.717) is 44.5 Å². The summed E-state index contributed by atoms with van der Waals surface area (Å²) in [6, 6.07) is 15.1. The van der Waals surface area contributed by atoms with Crippen molar-refractivity contribution >= 4 is 21.6 Å². The lowest BCUT2D eigenvalue weighted by atomic mass is 10.1. The number of sulfonamides is 1. The van der Waals surface area contributed by atoms with E-state index < -0.39 is 10.0 Å². The van der Waals surface area contributed by atoms with Crippen LogP contribution < -0.4 is 10.2 Å². The second-order valence-electron chi connectivity index (χ2n) is 8.03. The van der Waals surface area contributed by atoms with E-state index in [9.17, 15) is 13.2 Å². The van der Waals surface area contributed by atoms with Crippen molar-refractivity contribution in [1.82, 2.24) is 9.62 Å². The summed E-state index contributed by atoms with van der Waals surface area (Å²) < 4.78 is 32.0. The van der Waals surface area contributed by atoms with Crippen LogP contribution in [0.25, 0.3) is 0 Å². The second kappa shape index (κ2) is 9.38. The molecule has 2 aromatic rings. The summed E-state index contributed by atoms with van der Waals surface area (Å²) >= 11 is 0. The molecular weight excluding hydrogens is 414 g/mol. The van der Waals surface area contributed by atoms with E-state index in [1.807, 2.05) is 0 Å². The highest BCUT2D eigenvalue weighted by atomic mass is 32.2. The van der Waals surface area contributed by atoms with Gasteiger partial charge in [-0.05, 0) is 55.7 Å². The van der Waals surface area contributed by atoms with E-state index in [0.717, 1.165) is 19.4 Å². The number of nitrogens with one attached hydrogen (secondary N) is 1. The quantitative estimate of drug-likeness (QED) is 0.665. The fraction of sp³-hybridized carbons (Fsp3) is 0.435. The normalized spacial score (nSPS) is 19.3. The molecule has 1 saturated heterocycles. The average molecular weight is 444 g/mol. The molecule has 0 bridgehead atoms. The molecule has 1 fully saturated rings. The number of fused-ring (bicyclic) bond motifs is 1. The molecule has 31 heavy (non-hydrogen) atoms. The van der Waals surface area contributed by atoms with Crippen LogP contribution in [0.1, 0.15) is 29.3 Å². The Morgan fingerprint density at radius 2 is 1.81 bits per heavy atom. The van der Waals surface area contributed by atoms with Crippen LogP contribution in [0.5, 0.6) is 0 Å². The zero-order valence-electron chi connectivity index (χ0n) is 17.8. The summed E-state index contributed by atoms with van der Waals surface area (Å²) in [6.07, 6.45) is 1.90. The summed E-state index contributed by atoms with van der Waals surface area (Å²) in [4.78, 5) is 15.1. The number of para-hydroxylation sites is 1. The smallest absolute Gasteiger partial charge is 0.251 e. The molecule has 1 N–H and O–H groups in total. The van der Waals surface area contributed by atoms with Gasteiger partial charge in [-0.3, -0.25) is 4.79 Å². The van der Waals surface area contributed by atoms with Crippen molar-refractivity contribution in [3.63, 3.8) is 0 Å². The molecule has 2 heterocycles. The summed E-state index contributed by atoms with van der Waals surface area (Å²) in [5.41, 5.74) is 3.13. The van der Waals surface area contributed by atoms with E-state index in [1.54, 1.807) is 12.1 Å². The summed E-state index contributed by atoms with van der Waals surface area (Å²) in [7, 11) is -3.55. The Bertz CT molecular complexity index is 1020. The van der Waals surface area contributed by atoms with E-state index in [-0.39, 0.29) is 10.8 Å². The van der Waals surface area contributed by atoms with Crippen molar-refractivity contribution in [2.24, 2.45) is 0 Å². The number of ether oxygens (including phenoxy) is 1. The number of hydrogen-bond acceptors (Lipinski definition) is 5. The minimum Gasteiger partial charge on any atom is -0.379 e. The molecule has 2 aliphatic heterocycles. The Kier molecular flexibility index (Phi) is 6.60. The topological polar surface area (TPSA) is 79.0 Å². The highest BCUT2D eigenvalue weighted by Crippen LogP contribution is 2.31. The molecule has 0 saturated carbocycles. The third-order valence-electron chi connectivity index (χ3n) is 5.93. The molecule has 0 aliphatic carbocycles. The van der Waals surface area contributed by atoms with Gasteiger partial charge in [0.25, 0.3) is 5.91 Å². The van der Waals surface area contributed by atoms with Crippen LogP contribution >= 0.6 is 0 Å². The van der Waals surface area contributed by atoms with Crippen molar-refractivity contribution in [3.05, 3.63) is 59.7 Å². The number of morpholine rings is 1. The van der Waals surface area contributed by atoms with Crippen molar-refractivity contribution in [2.75, 3.05) is 44.3 Å². The fourth-order valence-electron chi connectivity index (χ4n) is 4.24. The first-order valence-electron chi connectivity index (χ1n) is 10.8. The molecule has 1 atom stereocenters. The molecule has 166 valence electrons. The molecule has 0 aromatic heterocycles. The van der Waals surface area contributed by atoms with E-state index >= 15 is 0 Å². The van der Waals surface area contributed by atoms with Gasteiger partial charge in [0.2, 0.25) is 10.0 Å². The number of carbonyl (C=O) groups is 1. The predicted octanol–water partition coefficient (Wildman–Crippen LogP) is 2.28. The average Bonchev–Trinajstić information content (AvgIpc) is 3.12. The summed E-state index contributed by atoms with van der Waals surface area (Å²) in [5, 5.41) is 2.94. The van der Waals surface area contributed by atoms with Crippen LogP contribution in [0.4, 0.5) is 5.69 Å². The maximum absolute atomic E-state index is 12.7. The Labute approximate surface area is 184 Å². The van der Waals surface area contributed by atoms with Gasteiger partial charge in [0.1, 0.15) is 0 Å². The van der Waals surface area contributed by atoms with Gasteiger partial charge in [0, 0.05) is 43.5 Å². The number of anilines is 1. The standard InChI is InChI=1S/C23H29N3O4S/c1-18-17-20-5-2-3-6-22(20)26(18)12-4-11-24-23(27)19-7-9-21(10-8-19)31(28,29)25-13-15-30-16-14-25/h2-3,5-10,18H,4,11-17H2,1H3,(H,24,27)/t18-/m0/s1. The SMILES string of the molecule is C[C@H]1Cc2ccccc2N1CCCNC(=O)c1ccc(S(=O)(=O)N2CCOCC2)cc1. The van der Waals surface area contributed by atoms with Gasteiger partial charge in [-0.2, -0.15) is 4.31 Å². The third-order valence-corrected chi connectivity index (χ3v) is 7.85. The highest BCUT2D eigenvalue weighted by molar-refractivity contribution is 7.89. The lowest BCUT2D eigenvalue weighted by molar-refractivity contribution is 0.0730. The Morgan fingerprint density at radius 1 is 1.10 bits per heavy atom. The second-order valence-corrected chi connectivity index (χ2v) is 9.96. The number of hydrogen-bond donors (Lipinski definition) is 1. The van der Waals surface area contributed by atoms with Crippen LogP contribution in [-0.2, 0) is 21.2 Å². The van der Waals surface area contributed by atoms with Gasteiger partial charge in [-0.25, -0.2) is 8.42 Å². The van der Waals surface area contributed by atoms with E-state index in [1.165, 1.54) is 27.7 Å². The minimum absolute atomic E-state index is 0.190. The van der Waals surface area contributed by atoms with Crippen LogP contribution in [-0.4, -0.2) is 64.1 Å². The summed E-state index contributed by atoms with van der Waals surface area (Å²) in [5.74, 6) is -0.190. The van der Waals surface area contributed by atoms with Gasteiger partial charge in [0.05, 0.1) is 18.1 Å². The highest BCUT2D eigenvalue weighted by Gasteiger charge is 2.27. The van der Waals surface area contributed by atoms with Crippen molar-refractivity contribution in [1.29, 1.82) is 0 Å². The molecule has 0 radical (unpaired) electrons. The van der Waals surface area contributed by atoms with Crippen LogP contribution in [0, 0.1) is 0 Å². The van der Waals surface area contributed by atoms with E-state index in [4.69, 9.17) is 4.74 Å². The zero-order chi connectivity index (χ0) is 21.8. The Morgan fingerprint density at radius 3 is 2.55 bits per heavy atom. The van der Waals surface area contributed by atoms with Crippen molar-refractivity contribution in [3.8, 4) is 0 Å². The first-order valence-corrected chi connectivity index (χ1v) is 12.2. The van der Waals surface area contributed by atoms with Gasteiger partial charge in [-0.1, -0.05) is 18.2 Å². The number of nitrogens with zero attached hydrogens (tertiary/aromatic N) is 2. The molecule has 1 amide bonds. The molecule has 0 spiro atoms. The summed E-state index contributed by atoms with van der Waals surface area (Å²) in [6.45, 7) is 5.19. The zero-order valence-corrected chi connectivity index (χ0v) is 18.6. The lowest BCUT2D eigenvalue weighted by Gasteiger charge is -2.26. The lowest BCUT2D eigenvalue weighted by Crippen LogP contribution is -2.40. The van der Waals surface area contributed by atoms with Crippen LogP contribution in [0.3, 0.4) is 0 Å². The van der Waals surface area contributed by atoms with Gasteiger partial charge in [0.15, 0.2) is 0 Å². The maximum Gasteiger partial charge on any atom is 0.251 e. The molecule has 2 aromatic carbocycles.